The number of methoxy groups -OCH3 is 2. The molecule has 2 aromatic heterocycles. The van der Waals surface area contributed by atoms with Crippen molar-refractivity contribution < 1.29 is 14.3 Å². The Balaban J connectivity index is 2.62. The molecule has 0 spiro atoms. The summed E-state index contributed by atoms with van der Waals surface area (Å²) in [5.74, 6) is 1.16. The summed E-state index contributed by atoms with van der Waals surface area (Å²) in [5.41, 5.74) is 1.13. The highest BCUT2D eigenvalue weighted by atomic mass is 79.9. The van der Waals surface area contributed by atoms with Gasteiger partial charge in [0, 0.05) is 6.07 Å². The minimum atomic E-state index is -0.0743. The molecular formula is C11H11BrN2O3. The minimum absolute atomic E-state index is 0.0743. The third-order valence-corrected chi connectivity index (χ3v) is 2.88. The number of ketones is 1. The molecular weight excluding hydrogens is 288 g/mol. The molecule has 0 bridgehead atoms. The molecule has 2 rings (SSSR count). The van der Waals surface area contributed by atoms with Crippen LogP contribution in [0.3, 0.4) is 0 Å². The zero-order valence-corrected chi connectivity index (χ0v) is 11.0. The van der Waals surface area contributed by atoms with E-state index in [1.807, 2.05) is 0 Å². The van der Waals surface area contributed by atoms with E-state index in [-0.39, 0.29) is 11.1 Å². The van der Waals surface area contributed by atoms with Gasteiger partial charge in [-0.3, -0.25) is 4.79 Å². The van der Waals surface area contributed by atoms with Crippen LogP contribution in [0.5, 0.6) is 11.5 Å². The van der Waals surface area contributed by atoms with Gasteiger partial charge in [-0.2, -0.15) is 5.10 Å². The van der Waals surface area contributed by atoms with E-state index in [1.165, 1.54) is 0 Å². The number of halogens is 1. The van der Waals surface area contributed by atoms with Crippen molar-refractivity contribution in [3.8, 4) is 11.5 Å². The quantitative estimate of drug-likeness (QED) is 0.639. The number of rotatable bonds is 4. The molecule has 0 radical (unpaired) electrons. The van der Waals surface area contributed by atoms with Gasteiger partial charge in [0.2, 0.25) is 0 Å². The van der Waals surface area contributed by atoms with Crippen molar-refractivity contribution in [2.75, 3.05) is 19.5 Å². The predicted octanol–water partition coefficient (Wildman–Crippen LogP) is 1.93. The molecule has 5 nitrogen and oxygen atoms in total. The molecule has 2 aromatic rings. The van der Waals surface area contributed by atoms with Gasteiger partial charge in [0.05, 0.1) is 25.7 Å². The van der Waals surface area contributed by atoms with E-state index in [9.17, 15) is 4.79 Å². The maximum Gasteiger partial charge on any atom is 0.193 e. The highest BCUT2D eigenvalue weighted by Crippen LogP contribution is 2.26. The van der Waals surface area contributed by atoms with Crippen LogP contribution >= 0.6 is 15.9 Å². The Labute approximate surface area is 106 Å². The van der Waals surface area contributed by atoms with E-state index >= 15 is 0 Å². The molecule has 0 aliphatic rings. The van der Waals surface area contributed by atoms with Crippen LogP contribution in [0.15, 0.2) is 18.3 Å². The van der Waals surface area contributed by atoms with Crippen molar-refractivity contribution in [3.05, 3.63) is 24.0 Å². The summed E-state index contributed by atoms with van der Waals surface area (Å²) in [6.45, 7) is 0. The average Bonchev–Trinajstić information content (AvgIpc) is 2.80. The van der Waals surface area contributed by atoms with Crippen molar-refractivity contribution in [2.24, 2.45) is 0 Å². The third-order valence-electron chi connectivity index (χ3n) is 2.37. The van der Waals surface area contributed by atoms with Gasteiger partial charge < -0.3 is 9.47 Å². The second kappa shape index (κ2) is 4.75. The smallest absolute Gasteiger partial charge is 0.193 e. The number of Topliss-reactive ketones (excluding diaryl/α,β-unsaturated/α-hetero) is 1. The number of aromatic nitrogens is 2. The number of alkyl halides is 1. The number of pyridine rings is 1. The summed E-state index contributed by atoms with van der Waals surface area (Å²) in [4.78, 5) is 11.5. The summed E-state index contributed by atoms with van der Waals surface area (Å²) in [6, 6.07) is 3.45. The molecule has 0 unspecified atom stereocenters. The summed E-state index contributed by atoms with van der Waals surface area (Å²) < 4.78 is 11.9. The molecule has 0 aliphatic heterocycles. The topological polar surface area (TPSA) is 52.8 Å². The number of carbonyl (C=O) groups is 1. The number of fused-ring (bicyclic) bond motifs is 1. The lowest BCUT2D eigenvalue weighted by Gasteiger charge is -2.05. The van der Waals surface area contributed by atoms with Crippen molar-refractivity contribution in [1.29, 1.82) is 0 Å². The molecule has 0 N–H and O–H groups in total. The van der Waals surface area contributed by atoms with Gasteiger partial charge in [-0.25, -0.2) is 4.52 Å². The lowest BCUT2D eigenvalue weighted by molar-refractivity contribution is 0.101. The molecule has 0 aliphatic carbocycles. The Morgan fingerprint density at radius 2 is 2.18 bits per heavy atom. The molecule has 0 saturated heterocycles. The fourth-order valence-corrected chi connectivity index (χ4v) is 1.80. The van der Waals surface area contributed by atoms with Gasteiger partial charge in [0.1, 0.15) is 22.7 Å². The van der Waals surface area contributed by atoms with Gasteiger partial charge >= 0.3 is 0 Å². The summed E-state index contributed by atoms with van der Waals surface area (Å²) in [6.07, 6.45) is 1.70. The second-order valence-electron chi connectivity index (χ2n) is 3.36. The zero-order chi connectivity index (χ0) is 12.4. The Bertz CT molecular complexity index is 565. The first-order valence-corrected chi connectivity index (χ1v) is 6.02. The second-order valence-corrected chi connectivity index (χ2v) is 3.93. The van der Waals surface area contributed by atoms with Crippen LogP contribution in [0.1, 0.15) is 10.5 Å². The standard InChI is InChI=1S/C11H11BrN2O3/c1-16-7-3-11(17-2)9-4-8(10(15)5-12)13-14(9)6-7/h3-4,6H,5H2,1-2H3. The zero-order valence-electron chi connectivity index (χ0n) is 9.44. The normalized spacial score (nSPS) is 10.5. The first-order valence-electron chi connectivity index (χ1n) is 4.90. The van der Waals surface area contributed by atoms with E-state index in [0.717, 1.165) is 5.52 Å². The van der Waals surface area contributed by atoms with E-state index in [1.54, 1.807) is 37.1 Å². The molecule has 2 heterocycles. The number of nitrogens with zero attached hydrogens (tertiary/aromatic N) is 2. The maximum atomic E-state index is 11.5. The molecule has 0 saturated carbocycles. The van der Waals surface area contributed by atoms with Crippen LogP contribution in [0.2, 0.25) is 0 Å². The number of carbonyl (C=O) groups excluding carboxylic acids is 1. The predicted molar refractivity (Wildman–Crippen MR) is 66.4 cm³/mol. The van der Waals surface area contributed by atoms with E-state index in [4.69, 9.17) is 9.47 Å². The lowest BCUT2D eigenvalue weighted by atomic mass is 10.3. The number of hydrogen-bond donors (Lipinski definition) is 0. The lowest BCUT2D eigenvalue weighted by Crippen LogP contribution is -2.01. The largest absolute Gasteiger partial charge is 0.495 e. The Hall–Kier alpha value is -1.56. The fraction of sp³-hybridized carbons (Fsp3) is 0.273. The fourth-order valence-electron chi connectivity index (χ4n) is 1.52. The third kappa shape index (κ3) is 2.12. The average molecular weight is 299 g/mol. The van der Waals surface area contributed by atoms with Gasteiger partial charge in [-0.1, -0.05) is 15.9 Å². The van der Waals surface area contributed by atoms with Crippen molar-refractivity contribution in [3.63, 3.8) is 0 Å². The van der Waals surface area contributed by atoms with Crippen molar-refractivity contribution >= 4 is 27.2 Å². The van der Waals surface area contributed by atoms with Crippen LogP contribution in [0.4, 0.5) is 0 Å². The number of hydrogen-bond acceptors (Lipinski definition) is 4. The Kier molecular flexibility index (Phi) is 3.33. The van der Waals surface area contributed by atoms with Gasteiger partial charge in [0.25, 0.3) is 0 Å². The maximum absolute atomic E-state index is 11.5. The molecule has 0 fully saturated rings. The Morgan fingerprint density at radius 1 is 1.41 bits per heavy atom. The molecule has 0 atom stereocenters. The monoisotopic (exact) mass is 298 g/mol. The van der Waals surface area contributed by atoms with Crippen LogP contribution < -0.4 is 9.47 Å². The van der Waals surface area contributed by atoms with Gasteiger partial charge in [-0.15, -0.1) is 0 Å². The molecule has 0 aromatic carbocycles. The van der Waals surface area contributed by atoms with Crippen LogP contribution in [-0.2, 0) is 0 Å². The van der Waals surface area contributed by atoms with Crippen LogP contribution in [0, 0.1) is 0 Å². The molecule has 17 heavy (non-hydrogen) atoms. The highest BCUT2D eigenvalue weighted by Gasteiger charge is 2.13. The van der Waals surface area contributed by atoms with Crippen molar-refractivity contribution in [2.45, 2.75) is 0 Å². The van der Waals surface area contributed by atoms with Gasteiger partial charge in [-0.05, 0) is 6.07 Å². The van der Waals surface area contributed by atoms with E-state index in [0.29, 0.717) is 17.2 Å². The summed E-state index contributed by atoms with van der Waals surface area (Å²) >= 11 is 3.12. The first kappa shape index (κ1) is 11.9. The van der Waals surface area contributed by atoms with Crippen molar-refractivity contribution in [1.82, 2.24) is 9.61 Å². The SMILES string of the molecule is COc1cc(OC)c2cc(C(=O)CBr)nn2c1. The first-order chi connectivity index (χ1) is 8.19. The summed E-state index contributed by atoms with van der Waals surface area (Å²) in [7, 11) is 3.13. The highest BCUT2D eigenvalue weighted by molar-refractivity contribution is 9.09. The van der Waals surface area contributed by atoms with E-state index < -0.39 is 0 Å². The number of ether oxygens (including phenoxy) is 2. The molecule has 90 valence electrons. The summed E-state index contributed by atoms with van der Waals surface area (Å²) in [5, 5.41) is 4.42. The van der Waals surface area contributed by atoms with Crippen LogP contribution in [-0.4, -0.2) is 34.9 Å². The van der Waals surface area contributed by atoms with Gasteiger partial charge in [0.15, 0.2) is 5.78 Å². The van der Waals surface area contributed by atoms with Crippen LogP contribution in [0.25, 0.3) is 5.52 Å². The molecule has 6 heteroatoms. The van der Waals surface area contributed by atoms with E-state index in [2.05, 4.69) is 21.0 Å². The minimum Gasteiger partial charge on any atom is -0.495 e. The molecule has 0 amide bonds. The Morgan fingerprint density at radius 3 is 2.76 bits per heavy atom.